The van der Waals surface area contributed by atoms with Gasteiger partial charge in [0.25, 0.3) is 11.8 Å². The smallest absolute Gasteiger partial charge is 0.264 e. The number of carbonyl (C=O) groups excluding carboxylic acids is 2. The third-order valence-corrected chi connectivity index (χ3v) is 6.13. The van der Waals surface area contributed by atoms with Gasteiger partial charge in [0, 0.05) is 5.69 Å². The van der Waals surface area contributed by atoms with Crippen molar-refractivity contribution in [3.8, 4) is 11.5 Å². The monoisotopic (exact) mass is 525 g/mol. The van der Waals surface area contributed by atoms with Crippen molar-refractivity contribution in [1.82, 2.24) is 5.32 Å². The lowest BCUT2D eigenvalue weighted by atomic mass is 10.2. The van der Waals surface area contributed by atoms with Crippen LogP contribution in [0.4, 0.5) is 15.8 Å². The van der Waals surface area contributed by atoms with E-state index in [-0.39, 0.29) is 35.0 Å². The Morgan fingerprint density at radius 2 is 1.89 bits per heavy atom. The van der Waals surface area contributed by atoms with Crippen LogP contribution in [0.2, 0.25) is 5.02 Å². The molecule has 3 aromatic carbocycles. The number of aliphatic imine (C=N–C) groups is 1. The maximum atomic E-state index is 13.1. The van der Waals surface area contributed by atoms with Crippen molar-refractivity contribution >= 4 is 57.8 Å². The second-order valence-electron chi connectivity index (χ2n) is 7.70. The van der Waals surface area contributed by atoms with E-state index in [0.29, 0.717) is 32.8 Å². The van der Waals surface area contributed by atoms with Gasteiger partial charge in [-0.3, -0.25) is 9.59 Å². The number of hydrogen-bond acceptors (Lipinski definition) is 6. The van der Waals surface area contributed by atoms with E-state index in [1.54, 1.807) is 30.3 Å². The van der Waals surface area contributed by atoms with Gasteiger partial charge in [-0.1, -0.05) is 29.3 Å². The van der Waals surface area contributed by atoms with Gasteiger partial charge in [0.15, 0.2) is 23.3 Å². The SMILES string of the molecule is COc1cc(/C=C2/SC(=Nc3ccc(F)cc3)NC2=O)cc(Cl)c1OCC(=O)Nc1ccc(C)cc1. The van der Waals surface area contributed by atoms with E-state index in [2.05, 4.69) is 15.6 Å². The number of thioether (sulfide) groups is 1. The largest absolute Gasteiger partial charge is 0.493 e. The summed E-state index contributed by atoms with van der Waals surface area (Å²) >= 11 is 7.56. The molecule has 4 rings (SSSR count). The fraction of sp³-hybridized carbons (Fsp3) is 0.115. The van der Waals surface area contributed by atoms with E-state index >= 15 is 0 Å². The van der Waals surface area contributed by atoms with Crippen molar-refractivity contribution in [2.24, 2.45) is 4.99 Å². The van der Waals surface area contributed by atoms with Gasteiger partial charge in [0.05, 0.1) is 22.7 Å². The number of nitrogens with one attached hydrogen (secondary N) is 2. The number of carbonyl (C=O) groups is 2. The number of halogens is 2. The molecule has 1 fully saturated rings. The van der Waals surface area contributed by atoms with E-state index in [1.807, 2.05) is 19.1 Å². The minimum Gasteiger partial charge on any atom is -0.493 e. The lowest BCUT2D eigenvalue weighted by Gasteiger charge is -2.13. The lowest BCUT2D eigenvalue weighted by Crippen LogP contribution is -2.20. The van der Waals surface area contributed by atoms with Gasteiger partial charge in [-0.15, -0.1) is 0 Å². The summed E-state index contributed by atoms with van der Waals surface area (Å²) in [5, 5.41) is 6.01. The van der Waals surface area contributed by atoms with Crippen LogP contribution < -0.4 is 20.1 Å². The highest BCUT2D eigenvalue weighted by molar-refractivity contribution is 8.18. The third-order valence-electron chi connectivity index (χ3n) is 4.94. The third kappa shape index (κ3) is 6.44. The van der Waals surface area contributed by atoms with Crippen LogP contribution >= 0.6 is 23.4 Å². The molecule has 0 saturated carbocycles. The first kappa shape index (κ1) is 25.3. The number of nitrogens with zero attached hydrogens (tertiary/aromatic N) is 1. The van der Waals surface area contributed by atoms with E-state index < -0.39 is 0 Å². The van der Waals surface area contributed by atoms with Crippen molar-refractivity contribution in [3.63, 3.8) is 0 Å². The highest BCUT2D eigenvalue weighted by Crippen LogP contribution is 2.38. The van der Waals surface area contributed by atoms with E-state index in [4.69, 9.17) is 21.1 Å². The summed E-state index contributed by atoms with van der Waals surface area (Å²) < 4.78 is 24.1. The van der Waals surface area contributed by atoms with E-state index in [1.165, 1.54) is 31.4 Å². The summed E-state index contributed by atoms with van der Waals surface area (Å²) in [5.41, 5.74) is 2.84. The van der Waals surface area contributed by atoms with Crippen LogP contribution in [0, 0.1) is 12.7 Å². The maximum Gasteiger partial charge on any atom is 0.264 e. The second kappa shape index (κ2) is 11.3. The van der Waals surface area contributed by atoms with Crippen molar-refractivity contribution in [3.05, 3.63) is 87.5 Å². The average Bonchev–Trinajstić information content (AvgIpc) is 3.19. The van der Waals surface area contributed by atoms with Crippen LogP contribution in [-0.2, 0) is 9.59 Å². The Morgan fingerprint density at radius 3 is 2.58 bits per heavy atom. The van der Waals surface area contributed by atoms with Crippen LogP contribution in [0.5, 0.6) is 11.5 Å². The Balaban J connectivity index is 1.45. The predicted octanol–water partition coefficient (Wildman–Crippen LogP) is 5.71. The molecule has 0 spiro atoms. The first-order valence-corrected chi connectivity index (χ1v) is 11.9. The summed E-state index contributed by atoms with van der Waals surface area (Å²) in [6.45, 7) is 1.69. The molecule has 0 atom stereocenters. The molecule has 1 aliphatic rings. The molecule has 1 saturated heterocycles. The standard InChI is InChI=1S/C26H21ClFN3O4S/c1-15-3-7-18(8-4-15)29-23(32)14-35-24-20(27)11-16(12-21(24)34-2)13-22-25(33)31-26(36-22)30-19-9-5-17(28)6-10-19/h3-13H,14H2,1-2H3,(H,29,32)(H,30,31,33)/b22-13+. The highest BCUT2D eigenvalue weighted by Gasteiger charge is 2.24. The predicted molar refractivity (Wildman–Crippen MR) is 141 cm³/mol. The number of aryl methyl sites for hydroxylation is 1. The Morgan fingerprint density at radius 1 is 1.17 bits per heavy atom. The van der Waals surface area contributed by atoms with Gasteiger partial charge in [-0.05, 0) is 78.9 Å². The number of amidine groups is 1. The summed E-state index contributed by atoms with van der Waals surface area (Å²) in [6, 6.07) is 16.3. The number of hydrogen-bond donors (Lipinski definition) is 2. The Bertz CT molecular complexity index is 1360. The Labute approximate surface area is 216 Å². The van der Waals surface area contributed by atoms with Crippen LogP contribution in [0.15, 0.2) is 70.6 Å². The molecule has 7 nitrogen and oxygen atoms in total. The number of rotatable bonds is 7. The molecule has 0 unspecified atom stereocenters. The average molecular weight is 526 g/mol. The molecule has 0 bridgehead atoms. The Kier molecular flexibility index (Phi) is 7.92. The molecule has 36 heavy (non-hydrogen) atoms. The number of amides is 2. The first-order chi connectivity index (χ1) is 17.3. The van der Waals surface area contributed by atoms with Crippen LogP contribution in [0.25, 0.3) is 6.08 Å². The molecule has 3 aromatic rings. The topological polar surface area (TPSA) is 89.0 Å². The van der Waals surface area contributed by atoms with Crippen LogP contribution in [-0.4, -0.2) is 30.7 Å². The molecule has 10 heteroatoms. The molecule has 0 aromatic heterocycles. The zero-order chi connectivity index (χ0) is 25.7. The molecule has 0 aliphatic carbocycles. The summed E-state index contributed by atoms with van der Waals surface area (Å²) in [7, 11) is 1.45. The quantitative estimate of drug-likeness (QED) is 0.386. The van der Waals surface area contributed by atoms with Gasteiger partial charge >= 0.3 is 0 Å². The molecule has 0 radical (unpaired) electrons. The van der Waals surface area contributed by atoms with Gasteiger partial charge in [0.1, 0.15) is 5.82 Å². The van der Waals surface area contributed by atoms with Crippen molar-refractivity contribution in [2.75, 3.05) is 19.0 Å². The van der Waals surface area contributed by atoms with Gasteiger partial charge in [-0.2, -0.15) is 0 Å². The molecule has 2 amide bonds. The van der Waals surface area contributed by atoms with Crippen LogP contribution in [0.1, 0.15) is 11.1 Å². The zero-order valence-corrected chi connectivity index (χ0v) is 20.9. The second-order valence-corrected chi connectivity index (χ2v) is 9.13. The molecule has 184 valence electrons. The molecular formula is C26H21ClFN3O4S. The molecule has 2 N–H and O–H groups in total. The number of benzene rings is 3. The van der Waals surface area contributed by atoms with E-state index in [0.717, 1.165) is 17.3 Å². The molecule has 1 aliphatic heterocycles. The Hall–Kier alpha value is -3.82. The molecule has 1 heterocycles. The normalized spacial score (nSPS) is 15.2. The van der Waals surface area contributed by atoms with Crippen molar-refractivity contribution in [2.45, 2.75) is 6.92 Å². The first-order valence-electron chi connectivity index (χ1n) is 10.7. The van der Waals surface area contributed by atoms with E-state index in [9.17, 15) is 14.0 Å². The van der Waals surface area contributed by atoms with Crippen molar-refractivity contribution in [1.29, 1.82) is 0 Å². The highest BCUT2D eigenvalue weighted by atomic mass is 35.5. The molecular weight excluding hydrogens is 505 g/mol. The minimum absolute atomic E-state index is 0.211. The number of anilines is 1. The van der Waals surface area contributed by atoms with Crippen molar-refractivity contribution < 1.29 is 23.5 Å². The van der Waals surface area contributed by atoms with Crippen LogP contribution in [0.3, 0.4) is 0 Å². The maximum absolute atomic E-state index is 13.1. The minimum atomic E-state index is -0.368. The number of ether oxygens (including phenoxy) is 2. The van der Waals surface area contributed by atoms with Gasteiger partial charge in [0.2, 0.25) is 0 Å². The lowest BCUT2D eigenvalue weighted by molar-refractivity contribution is -0.118. The van der Waals surface area contributed by atoms with Gasteiger partial charge in [-0.25, -0.2) is 9.38 Å². The zero-order valence-electron chi connectivity index (χ0n) is 19.3. The summed E-state index contributed by atoms with van der Waals surface area (Å²) in [4.78, 5) is 29.4. The summed E-state index contributed by atoms with van der Waals surface area (Å²) in [6.07, 6.45) is 1.63. The fourth-order valence-corrected chi connectivity index (χ4v) is 4.32. The fourth-order valence-electron chi connectivity index (χ4n) is 3.20. The van der Waals surface area contributed by atoms with Gasteiger partial charge < -0.3 is 20.1 Å². The number of methoxy groups -OCH3 is 1. The summed E-state index contributed by atoms with van der Waals surface area (Å²) in [5.74, 6) is -0.532.